The summed E-state index contributed by atoms with van der Waals surface area (Å²) in [6.45, 7) is 10.8. The van der Waals surface area contributed by atoms with Gasteiger partial charge in [-0.25, -0.2) is 19.6 Å². The molecule has 0 radical (unpaired) electrons. The van der Waals surface area contributed by atoms with Crippen molar-refractivity contribution in [1.82, 2.24) is 29.7 Å². The number of aromatic nitrogens is 4. The quantitative estimate of drug-likeness (QED) is 0.207. The average molecular weight is 651 g/mol. The Labute approximate surface area is 279 Å². The van der Waals surface area contributed by atoms with Gasteiger partial charge in [-0.3, -0.25) is 9.80 Å². The maximum absolute atomic E-state index is 13.0. The number of hydrogen-bond donors (Lipinski definition) is 3. The summed E-state index contributed by atoms with van der Waals surface area (Å²) in [6, 6.07) is 10.3. The molecule has 2 aromatic carbocycles. The fourth-order valence-corrected chi connectivity index (χ4v) is 7.99. The van der Waals surface area contributed by atoms with E-state index in [1.54, 1.807) is 4.90 Å². The monoisotopic (exact) mass is 650 g/mol. The minimum atomic E-state index is -0.898. The third-order valence-corrected chi connectivity index (χ3v) is 10.2. The number of imidazole rings is 2. The highest BCUT2D eigenvalue weighted by Gasteiger charge is 2.39. The summed E-state index contributed by atoms with van der Waals surface area (Å²) in [7, 11) is 0. The number of aryl methyl sites for hydroxylation is 2. The summed E-state index contributed by atoms with van der Waals surface area (Å²) in [5.41, 5.74) is 8.90. The first kappa shape index (κ1) is 30.5. The molecule has 48 heavy (non-hydrogen) atoms. The van der Waals surface area contributed by atoms with Crippen molar-refractivity contribution in [2.24, 2.45) is 5.92 Å². The predicted octanol–water partition coefficient (Wildman–Crippen LogP) is 7.65. The van der Waals surface area contributed by atoms with Gasteiger partial charge in [0.2, 0.25) is 0 Å². The first-order chi connectivity index (χ1) is 22.9. The van der Waals surface area contributed by atoms with E-state index in [1.807, 2.05) is 33.9 Å². The lowest BCUT2D eigenvalue weighted by Gasteiger charge is -2.27. The first-order valence-electron chi connectivity index (χ1n) is 17.0. The van der Waals surface area contributed by atoms with Crippen LogP contribution in [-0.4, -0.2) is 65.2 Å². The molecular weight excluding hydrogens is 608 g/mol. The molecule has 1 aliphatic carbocycles. The molecule has 11 nitrogen and oxygen atoms in total. The van der Waals surface area contributed by atoms with Crippen LogP contribution in [-0.2, 0) is 24.2 Å². The first-order valence-corrected chi connectivity index (χ1v) is 17.0. The molecule has 5 heterocycles. The fraction of sp³-hybridized carbons (Fsp3) is 0.459. The standard InChI is InChI=1S/C37H42N6O5/c1-19-12-30(42(17-19)36(46)48-37(3,4)5)33-38-16-28(40-33)22-7-9-24-23(13-22)18-47-31-15-25-21(14-26(24)31)8-10-27-32(25)41-34(39-27)29-11-6-20(2)43(29)35(44)45/h7,9,13-16,19-20,29-30H,6,8,10-12,17-18H2,1-5H3,(H,38,40)(H,39,41)(H,44,45)/t19-,20?,29-,30-/m0/s1. The second-order valence-corrected chi connectivity index (χ2v) is 14.9. The number of hydrogen-bond acceptors (Lipinski definition) is 6. The van der Waals surface area contributed by atoms with Gasteiger partial charge < -0.3 is 24.5 Å². The van der Waals surface area contributed by atoms with Crippen LogP contribution in [0.1, 0.15) is 94.4 Å². The summed E-state index contributed by atoms with van der Waals surface area (Å²) in [6.07, 6.45) is 4.75. The number of likely N-dealkylation sites (tertiary alicyclic amines) is 2. The van der Waals surface area contributed by atoms with Gasteiger partial charge >= 0.3 is 12.2 Å². The maximum atomic E-state index is 13.0. The van der Waals surface area contributed by atoms with Crippen molar-refractivity contribution >= 4 is 12.2 Å². The van der Waals surface area contributed by atoms with Crippen molar-refractivity contribution in [3.63, 3.8) is 0 Å². The Morgan fingerprint density at radius 2 is 1.81 bits per heavy atom. The minimum Gasteiger partial charge on any atom is -0.488 e. The van der Waals surface area contributed by atoms with Crippen LogP contribution in [0.25, 0.3) is 33.6 Å². The summed E-state index contributed by atoms with van der Waals surface area (Å²) in [5, 5.41) is 9.83. The van der Waals surface area contributed by atoms with Crippen molar-refractivity contribution in [3.8, 4) is 39.4 Å². The Balaban J connectivity index is 1.05. The zero-order valence-electron chi connectivity index (χ0n) is 28.1. The molecule has 0 bridgehead atoms. The summed E-state index contributed by atoms with van der Waals surface area (Å²) >= 11 is 0. The second-order valence-electron chi connectivity index (χ2n) is 14.9. The number of carbonyl (C=O) groups is 2. The number of rotatable bonds is 3. The van der Waals surface area contributed by atoms with Gasteiger partial charge in [0.1, 0.15) is 29.6 Å². The number of amides is 2. The van der Waals surface area contributed by atoms with E-state index in [9.17, 15) is 14.7 Å². The van der Waals surface area contributed by atoms with E-state index in [0.29, 0.717) is 19.1 Å². The van der Waals surface area contributed by atoms with Crippen LogP contribution >= 0.6 is 0 Å². The molecule has 4 atom stereocenters. The molecule has 11 heteroatoms. The van der Waals surface area contributed by atoms with Gasteiger partial charge in [0.15, 0.2) is 0 Å². The normalized spacial score (nSPS) is 22.9. The molecule has 2 fully saturated rings. The summed E-state index contributed by atoms with van der Waals surface area (Å²) in [5.74, 6) is 2.68. The molecule has 0 spiro atoms. The van der Waals surface area contributed by atoms with Gasteiger partial charge in [-0.15, -0.1) is 0 Å². The van der Waals surface area contributed by atoms with Gasteiger partial charge in [0, 0.05) is 29.4 Å². The van der Waals surface area contributed by atoms with Gasteiger partial charge in [0.25, 0.3) is 0 Å². The van der Waals surface area contributed by atoms with E-state index in [4.69, 9.17) is 19.4 Å². The molecule has 8 rings (SSSR count). The number of nitrogens with one attached hydrogen (secondary N) is 2. The van der Waals surface area contributed by atoms with Crippen LogP contribution in [0.15, 0.2) is 36.5 Å². The van der Waals surface area contributed by atoms with Crippen LogP contribution in [0, 0.1) is 5.92 Å². The van der Waals surface area contributed by atoms with E-state index in [0.717, 1.165) is 94.4 Å². The number of nitrogens with zero attached hydrogens (tertiary/aromatic N) is 4. The number of H-pyrrole nitrogens is 2. The highest BCUT2D eigenvalue weighted by atomic mass is 16.6. The molecule has 4 aromatic rings. The summed E-state index contributed by atoms with van der Waals surface area (Å²) in [4.78, 5) is 45.0. The Bertz CT molecular complexity index is 1940. The largest absolute Gasteiger partial charge is 0.488 e. The predicted molar refractivity (Wildman–Crippen MR) is 180 cm³/mol. The van der Waals surface area contributed by atoms with Crippen LogP contribution in [0.5, 0.6) is 5.75 Å². The lowest BCUT2D eigenvalue weighted by atomic mass is 9.86. The number of carbonyl (C=O) groups excluding carboxylic acids is 1. The number of benzene rings is 2. The molecule has 4 aliphatic rings. The maximum Gasteiger partial charge on any atom is 0.410 e. The number of aromatic amines is 2. The van der Waals surface area contributed by atoms with Crippen molar-refractivity contribution in [1.29, 1.82) is 0 Å². The highest BCUT2D eigenvalue weighted by Crippen LogP contribution is 2.46. The highest BCUT2D eigenvalue weighted by molar-refractivity contribution is 5.83. The smallest absolute Gasteiger partial charge is 0.410 e. The SMILES string of the molecule is CC1CC[C@@H](c2nc3c([nH]2)CCc2cc4c(cc2-3)OCc2cc(-c3cnc([C@@H]5C[C@H](C)CN5C(=O)OC(C)(C)C)[nH]3)ccc2-4)N1C(=O)O. The van der Waals surface area contributed by atoms with Crippen LogP contribution in [0.4, 0.5) is 9.59 Å². The minimum absolute atomic E-state index is 0.0242. The number of fused-ring (bicyclic) bond motifs is 6. The van der Waals surface area contributed by atoms with Crippen molar-refractivity contribution in [2.45, 2.75) is 97.1 Å². The number of carboxylic acid groups (broad SMARTS) is 1. The van der Waals surface area contributed by atoms with Gasteiger partial charge in [-0.05, 0) is 106 Å². The van der Waals surface area contributed by atoms with E-state index >= 15 is 0 Å². The Morgan fingerprint density at radius 3 is 2.60 bits per heavy atom. The van der Waals surface area contributed by atoms with Crippen molar-refractivity contribution in [3.05, 3.63) is 65.0 Å². The Morgan fingerprint density at radius 1 is 0.979 bits per heavy atom. The fourth-order valence-electron chi connectivity index (χ4n) is 7.99. The van der Waals surface area contributed by atoms with E-state index in [1.165, 1.54) is 10.5 Å². The average Bonchev–Trinajstić information content (AvgIpc) is 3.84. The zero-order chi connectivity index (χ0) is 33.5. The molecule has 3 aliphatic heterocycles. The Hall–Kier alpha value is -4.80. The molecular formula is C37H42N6O5. The third kappa shape index (κ3) is 5.20. The van der Waals surface area contributed by atoms with Crippen LogP contribution < -0.4 is 4.74 Å². The van der Waals surface area contributed by atoms with Crippen molar-refractivity contribution < 1.29 is 24.2 Å². The Kier molecular flexibility index (Phi) is 7.08. The molecule has 3 N–H and O–H groups in total. The third-order valence-electron chi connectivity index (χ3n) is 10.2. The molecule has 250 valence electrons. The zero-order valence-corrected chi connectivity index (χ0v) is 28.1. The molecule has 2 amide bonds. The van der Waals surface area contributed by atoms with Crippen molar-refractivity contribution in [2.75, 3.05) is 6.54 Å². The lowest BCUT2D eigenvalue weighted by Crippen LogP contribution is -2.37. The number of ether oxygens (including phenoxy) is 2. The van der Waals surface area contributed by atoms with E-state index < -0.39 is 11.7 Å². The molecule has 2 saturated heterocycles. The van der Waals surface area contributed by atoms with Crippen LogP contribution in [0.2, 0.25) is 0 Å². The molecule has 1 unspecified atom stereocenters. The van der Waals surface area contributed by atoms with Gasteiger partial charge in [-0.2, -0.15) is 0 Å². The second kappa shape index (κ2) is 11.1. The van der Waals surface area contributed by atoms with Crippen LogP contribution in [0.3, 0.4) is 0 Å². The topological polar surface area (TPSA) is 137 Å². The lowest BCUT2D eigenvalue weighted by molar-refractivity contribution is 0.0214. The summed E-state index contributed by atoms with van der Waals surface area (Å²) < 4.78 is 12.1. The van der Waals surface area contributed by atoms with Gasteiger partial charge in [-0.1, -0.05) is 19.1 Å². The van der Waals surface area contributed by atoms with Gasteiger partial charge in [0.05, 0.1) is 29.7 Å². The molecule has 2 aromatic heterocycles. The molecule has 0 saturated carbocycles. The van der Waals surface area contributed by atoms with E-state index in [-0.39, 0.29) is 24.2 Å². The van der Waals surface area contributed by atoms with E-state index in [2.05, 4.69) is 47.2 Å².